The summed E-state index contributed by atoms with van der Waals surface area (Å²) < 4.78 is 7.07. The van der Waals surface area contributed by atoms with E-state index in [0.717, 1.165) is 36.2 Å². The van der Waals surface area contributed by atoms with Gasteiger partial charge in [0.1, 0.15) is 5.75 Å². The molecule has 2 atom stereocenters. The van der Waals surface area contributed by atoms with E-state index in [1.807, 2.05) is 48.3 Å². The highest BCUT2D eigenvalue weighted by Crippen LogP contribution is 2.18. The second kappa shape index (κ2) is 9.10. The Bertz CT molecular complexity index is 782. The van der Waals surface area contributed by atoms with Crippen LogP contribution in [0.4, 0.5) is 0 Å². The Morgan fingerprint density at radius 2 is 2.00 bits per heavy atom. The van der Waals surface area contributed by atoms with Gasteiger partial charge >= 0.3 is 0 Å². The Kier molecular flexibility index (Phi) is 6.57. The van der Waals surface area contributed by atoms with Crippen molar-refractivity contribution in [3.05, 3.63) is 42.2 Å². The van der Waals surface area contributed by atoms with E-state index in [1.165, 1.54) is 0 Å². The SMILES string of the molecule is CN=C(NCc1ccn(-c2ccc(OC)cc2)n1)NC1CN(C(C)C)CC1C. The molecular weight excluding hydrogens is 352 g/mol. The molecule has 2 heterocycles. The van der Waals surface area contributed by atoms with E-state index < -0.39 is 0 Å². The van der Waals surface area contributed by atoms with Crippen molar-refractivity contribution in [2.45, 2.75) is 39.4 Å². The minimum Gasteiger partial charge on any atom is -0.497 e. The van der Waals surface area contributed by atoms with Crippen LogP contribution in [0.5, 0.6) is 5.75 Å². The van der Waals surface area contributed by atoms with Crippen LogP contribution >= 0.6 is 0 Å². The lowest BCUT2D eigenvalue weighted by atomic mass is 10.1. The first kappa shape index (κ1) is 20.2. The van der Waals surface area contributed by atoms with Gasteiger partial charge in [0.25, 0.3) is 0 Å². The zero-order valence-electron chi connectivity index (χ0n) is 17.5. The minimum absolute atomic E-state index is 0.408. The molecule has 0 bridgehead atoms. The highest BCUT2D eigenvalue weighted by molar-refractivity contribution is 5.80. The second-order valence-corrected chi connectivity index (χ2v) is 7.65. The fourth-order valence-corrected chi connectivity index (χ4v) is 3.49. The van der Waals surface area contributed by atoms with E-state index in [-0.39, 0.29) is 0 Å². The molecule has 1 aliphatic rings. The Hall–Kier alpha value is -2.54. The summed E-state index contributed by atoms with van der Waals surface area (Å²) in [6, 6.07) is 10.9. The number of methoxy groups -OCH3 is 1. The molecule has 1 saturated heterocycles. The quantitative estimate of drug-likeness (QED) is 0.591. The summed E-state index contributed by atoms with van der Waals surface area (Å²) in [7, 11) is 3.48. The van der Waals surface area contributed by atoms with Crippen molar-refractivity contribution in [3.63, 3.8) is 0 Å². The lowest BCUT2D eigenvalue weighted by Gasteiger charge is -2.21. The van der Waals surface area contributed by atoms with Crippen LogP contribution in [0, 0.1) is 5.92 Å². The van der Waals surface area contributed by atoms with Crippen LogP contribution < -0.4 is 15.4 Å². The fourth-order valence-electron chi connectivity index (χ4n) is 3.49. The molecule has 0 spiro atoms. The number of hydrogen-bond donors (Lipinski definition) is 2. The van der Waals surface area contributed by atoms with E-state index in [9.17, 15) is 0 Å². The van der Waals surface area contributed by atoms with Gasteiger partial charge in [-0.2, -0.15) is 5.10 Å². The summed E-state index contributed by atoms with van der Waals surface area (Å²) >= 11 is 0. The summed E-state index contributed by atoms with van der Waals surface area (Å²) in [5, 5.41) is 11.6. The average Bonchev–Trinajstić information content (AvgIpc) is 3.32. The van der Waals surface area contributed by atoms with Crippen LogP contribution in [0.15, 0.2) is 41.5 Å². The molecule has 1 aromatic heterocycles. The molecule has 0 amide bonds. The van der Waals surface area contributed by atoms with Crippen LogP contribution in [0.1, 0.15) is 26.5 Å². The summed E-state index contributed by atoms with van der Waals surface area (Å²) in [6.07, 6.45) is 1.97. The third-order valence-corrected chi connectivity index (χ3v) is 5.33. The number of guanidine groups is 1. The molecule has 1 fully saturated rings. The predicted octanol–water partition coefficient (Wildman–Crippen LogP) is 2.27. The molecule has 0 saturated carbocycles. The molecule has 1 aliphatic heterocycles. The van der Waals surface area contributed by atoms with Crippen LogP contribution in [-0.4, -0.2) is 60.0 Å². The molecule has 28 heavy (non-hydrogen) atoms. The number of likely N-dealkylation sites (tertiary alicyclic amines) is 1. The highest BCUT2D eigenvalue weighted by atomic mass is 16.5. The Labute approximate surface area is 167 Å². The molecule has 1 aromatic carbocycles. The van der Waals surface area contributed by atoms with Crippen molar-refractivity contribution in [3.8, 4) is 11.4 Å². The number of hydrogen-bond acceptors (Lipinski definition) is 4. The Balaban J connectivity index is 1.55. The van der Waals surface area contributed by atoms with Crippen LogP contribution in [0.3, 0.4) is 0 Å². The largest absolute Gasteiger partial charge is 0.497 e. The first-order valence-electron chi connectivity index (χ1n) is 9.90. The minimum atomic E-state index is 0.408. The van der Waals surface area contributed by atoms with E-state index in [2.05, 4.69) is 46.4 Å². The first-order chi connectivity index (χ1) is 13.5. The normalized spacial score (nSPS) is 20.6. The lowest BCUT2D eigenvalue weighted by molar-refractivity contribution is 0.265. The number of rotatable bonds is 6. The van der Waals surface area contributed by atoms with Gasteiger partial charge in [-0.1, -0.05) is 6.92 Å². The summed E-state index contributed by atoms with van der Waals surface area (Å²) in [6.45, 7) is 9.59. The fraction of sp³-hybridized carbons (Fsp3) is 0.524. The van der Waals surface area contributed by atoms with Crippen molar-refractivity contribution in [2.24, 2.45) is 10.9 Å². The van der Waals surface area contributed by atoms with Crippen molar-refractivity contribution in [1.29, 1.82) is 0 Å². The summed E-state index contributed by atoms with van der Waals surface area (Å²) in [5.41, 5.74) is 1.96. The average molecular weight is 385 g/mol. The second-order valence-electron chi connectivity index (χ2n) is 7.65. The molecule has 152 valence electrons. The van der Waals surface area contributed by atoms with Gasteiger partial charge in [0.2, 0.25) is 0 Å². The smallest absolute Gasteiger partial charge is 0.191 e. The molecule has 0 aliphatic carbocycles. The number of aromatic nitrogens is 2. The van der Waals surface area contributed by atoms with Crippen molar-refractivity contribution < 1.29 is 4.74 Å². The number of nitrogens with zero attached hydrogens (tertiary/aromatic N) is 4. The monoisotopic (exact) mass is 384 g/mol. The van der Waals surface area contributed by atoms with Gasteiger partial charge in [-0.3, -0.25) is 9.89 Å². The predicted molar refractivity (Wildman–Crippen MR) is 113 cm³/mol. The van der Waals surface area contributed by atoms with E-state index in [1.54, 1.807) is 7.11 Å². The van der Waals surface area contributed by atoms with Crippen molar-refractivity contribution in [2.75, 3.05) is 27.2 Å². The van der Waals surface area contributed by atoms with E-state index >= 15 is 0 Å². The number of nitrogens with one attached hydrogen (secondary N) is 2. The van der Waals surface area contributed by atoms with Gasteiger partial charge in [-0.25, -0.2) is 4.68 Å². The van der Waals surface area contributed by atoms with Gasteiger partial charge in [-0.05, 0) is 50.1 Å². The number of benzene rings is 1. The molecule has 3 rings (SSSR count). The molecular formula is C21H32N6O. The maximum atomic E-state index is 5.21. The lowest BCUT2D eigenvalue weighted by Crippen LogP contribution is -2.46. The van der Waals surface area contributed by atoms with Crippen molar-refractivity contribution >= 4 is 5.96 Å². The molecule has 0 radical (unpaired) electrons. The number of aliphatic imine (C=N–C) groups is 1. The third-order valence-electron chi connectivity index (χ3n) is 5.33. The Morgan fingerprint density at radius 1 is 1.25 bits per heavy atom. The number of ether oxygens (including phenoxy) is 1. The zero-order valence-corrected chi connectivity index (χ0v) is 17.5. The van der Waals surface area contributed by atoms with E-state index in [0.29, 0.717) is 24.5 Å². The van der Waals surface area contributed by atoms with Gasteiger partial charge < -0.3 is 15.4 Å². The molecule has 2 unspecified atom stereocenters. The van der Waals surface area contributed by atoms with Gasteiger partial charge in [0.15, 0.2) is 5.96 Å². The van der Waals surface area contributed by atoms with Crippen LogP contribution in [0.2, 0.25) is 0 Å². The topological polar surface area (TPSA) is 66.7 Å². The van der Waals surface area contributed by atoms with Crippen LogP contribution in [0.25, 0.3) is 5.69 Å². The molecule has 2 N–H and O–H groups in total. The van der Waals surface area contributed by atoms with Crippen molar-refractivity contribution in [1.82, 2.24) is 25.3 Å². The van der Waals surface area contributed by atoms with Gasteiger partial charge in [0.05, 0.1) is 25.0 Å². The van der Waals surface area contributed by atoms with Gasteiger partial charge in [0, 0.05) is 38.4 Å². The Morgan fingerprint density at radius 3 is 2.61 bits per heavy atom. The van der Waals surface area contributed by atoms with Crippen LogP contribution in [-0.2, 0) is 6.54 Å². The molecule has 2 aromatic rings. The first-order valence-corrected chi connectivity index (χ1v) is 9.90. The summed E-state index contributed by atoms with van der Waals surface area (Å²) in [5.74, 6) is 2.25. The van der Waals surface area contributed by atoms with E-state index in [4.69, 9.17) is 4.74 Å². The standard InChI is InChI=1S/C21H32N6O/c1-15(2)26-13-16(3)20(14-26)24-21(22-4)23-12-17-10-11-27(25-17)18-6-8-19(28-5)9-7-18/h6-11,15-16,20H,12-14H2,1-5H3,(H2,22,23,24). The third kappa shape index (κ3) is 4.84. The molecule has 7 nitrogen and oxygen atoms in total. The highest BCUT2D eigenvalue weighted by Gasteiger charge is 2.31. The molecule has 7 heteroatoms. The zero-order chi connectivity index (χ0) is 20.1. The summed E-state index contributed by atoms with van der Waals surface area (Å²) in [4.78, 5) is 6.89. The maximum absolute atomic E-state index is 5.21. The maximum Gasteiger partial charge on any atom is 0.191 e. The van der Waals surface area contributed by atoms with Gasteiger partial charge in [-0.15, -0.1) is 0 Å².